The van der Waals surface area contributed by atoms with Crippen molar-refractivity contribution in [1.82, 2.24) is 15.1 Å². The number of nitrogens with one attached hydrogen (secondary N) is 1. The van der Waals surface area contributed by atoms with Crippen molar-refractivity contribution in [3.05, 3.63) is 24.3 Å². The van der Waals surface area contributed by atoms with Crippen LogP contribution < -0.4 is 10.1 Å². The molecule has 4 rings (SSSR count). The fourth-order valence-corrected chi connectivity index (χ4v) is 6.88. The number of rotatable bonds is 5. The standard InChI is InChI=1S/C25H34N4O4S/c1-6-33-19-10-8-7-9-18(19)26-23-29(17(3)14-34-23)20(30)13-28-21(31)25(27-22(28)32)12-16(2)11-24(4,5)15-25/h7-10,16-17H,6,11-15H2,1-5H3,(H,27,32). The zero-order valence-corrected chi connectivity index (χ0v) is 21.4. The van der Waals surface area contributed by atoms with E-state index in [4.69, 9.17) is 9.73 Å². The highest BCUT2D eigenvalue weighted by atomic mass is 32.2. The Bertz CT molecular complexity index is 1030. The van der Waals surface area contributed by atoms with Gasteiger partial charge >= 0.3 is 6.03 Å². The summed E-state index contributed by atoms with van der Waals surface area (Å²) >= 11 is 1.49. The van der Waals surface area contributed by atoms with E-state index >= 15 is 0 Å². The van der Waals surface area contributed by atoms with Crippen LogP contribution >= 0.6 is 11.8 Å². The van der Waals surface area contributed by atoms with Gasteiger partial charge in [-0.25, -0.2) is 9.79 Å². The van der Waals surface area contributed by atoms with Gasteiger partial charge in [-0.2, -0.15) is 0 Å². The molecule has 1 aliphatic carbocycles. The molecule has 3 unspecified atom stereocenters. The number of aliphatic imine (C=N–C) groups is 1. The molecule has 0 bridgehead atoms. The van der Waals surface area contributed by atoms with Crippen LogP contribution in [0, 0.1) is 11.3 Å². The number of thioether (sulfide) groups is 1. The summed E-state index contributed by atoms with van der Waals surface area (Å²) in [5.74, 6) is 1.05. The molecule has 8 nitrogen and oxygen atoms in total. The monoisotopic (exact) mass is 486 g/mol. The summed E-state index contributed by atoms with van der Waals surface area (Å²) in [6.45, 7) is 10.4. The summed E-state index contributed by atoms with van der Waals surface area (Å²) in [6, 6.07) is 6.86. The van der Waals surface area contributed by atoms with Crippen LogP contribution in [0.15, 0.2) is 29.3 Å². The van der Waals surface area contributed by atoms with Crippen molar-refractivity contribution in [2.75, 3.05) is 18.9 Å². The molecule has 0 aromatic heterocycles. The number of ether oxygens (including phenoxy) is 1. The highest BCUT2D eigenvalue weighted by molar-refractivity contribution is 8.14. The van der Waals surface area contributed by atoms with Crippen LogP contribution in [0.3, 0.4) is 0 Å². The van der Waals surface area contributed by atoms with Crippen molar-refractivity contribution >= 4 is 40.5 Å². The molecule has 3 fully saturated rings. The Morgan fingerprint density at radius 1 is 1.24 bits per heavy atom. The van der Waals surface area contributed by atoms with Crippen LogP contribution in [-0.2, 0) is 9.59 Å². The van der Waals surface area contributed by atoms with Crippen LogP contribution in [0.2, 0.25) is 0 Å². The minimum Gasteiger partial charge on any atom is -0.492 e. The van der Waals surface area contributed by atoms with Crippen molar-refractivity contribution in [3.8, 4) is 5.75 Å². The molecule has 1 aromatic rings. The number of benzene rings is 1. The molecule has 3 aliphatic rings. The number of amides is 4. The van der Waals surface area contributed by atoms with Gasteiger partial charge in [0.1, 0.15) is 23.5 Å². The maximum absolute atomic E-state index is 13.5. The van der Waals surface area contributed by atoms with E-state index in [0.717, 1.165) is 11.3 Å². The van der Waals surface area contributed by atoms with Gasteiger partial charge in [0, 0.05) is 11.8 Å². The lowest BCUT2D eigenvalue weighted by Gasteiger charge is -2.43. The Hall–Kier alpha value is -2.55. The van der Waals surface area contributed by atoms with Crippen molar-refractivity contribution in [1.29, 1.82) is 0 Å². The van der Waals surface area contributed by atoms with Gasteiger partial charge in [-0.1, -0.05) is 44.7 Å². The van der Waals surface area contributed by atoms with E-state index in [2.05, 4.69) is 26.1 Å². The molecule has 1 aromatic carbocycles. The number of carbonyl (C=O) groups excluding carboxylic acids is 3. The largest absolute Gasteiger partial charge is 0.492 e. The number of hydrogen-bond acceptors (Lipinski definition) is 6. The van der Waals surface area contributed by atoms with Crippen LogP contribution in [-0.4, -0.2) is 63.3 Å². The number of imide groups is 1. The third-order valence-electron chi connectivity index (χ3n) is 6.67. The fraction of sp³-hybridized carbons (Fsp3) is 0.600. The molecule has 1 N–H and O–H groups in total. The van der Waals surface area contributed by atoms with Crippen molar-refractivity contribution in [2.45, 2.75) is 65.5 Å². The molecule has 0 radical (unpaired) electrons. The number of amidine groups is 1. The lowest BCUT2D eigenvalue weighted by Crippen LogP contribution is -2.54. The summed E-state index contributed by atoms with van der Waals surface area (Å²) in [7, 11) is 0. The lowest BCUT2D eigenvalue weighted by molar-refractivity contribution is -0.139. The maximum Gasteiger partial charge on any atom is 0.325 e. The van der Waals surface area contributed by atoms with E-state index in [1.165, 1.54) is 11.8 Å². The van der Waals surface area contributed by atoms with Crippen LogP contribution in [0.5, 0.6) is 5.75 Å². The molecule has 2 heterocycles. The highest BCUT2D eigenvalue weighted by Gasteiger charge is 2.56. The van der Waals surface area contributed by atoms with Gasteiger partial charge < -0.3 is 10.1 Å². The Kier molecular flexibility index (Phi) is 6.68. The average Bonchev–Trinajstić information content (AvgIpc) is 3.20. The zero-order valence-electron chi connectivity index (χ0n) is 20.6. The third-order valence-corrected chi connectivity index (χ3v) is 7.86. The van der Waals surface area contributed by atoms with E-state index in [-0.39, 0.29) is 29.8 Å². The number of hydrogen-bond donors (Lipinski definition) is 1. The summed E-state index contributed by atoms with van der Waals surface area (Å²) in [5, 5.41) is 3.50. The smallest absolute Gasteiger partial charge is 0.325 e. The molecule has 9 heteroatoms. The van der Waals surface area contributed by atoms with Gasteiger partial charge in [0.2, 0.25) is 5.91 Å². The number of nitrogens with zero attached hydrogens (tertiary/aromatic N) is 3. The number of para-hydroxylation sites is 2. The fourth-order valence-electron chi connectivity index (χ4n) is 5.76. The molecule has 34 heavy (non-hydrogen) atoms. The maximum atomic E-state index is 13.5. The first kappa shape index (κ1) is 24.6. The second kappa shape index (κ2) is 9.24. The predicted octanol–water partition coefficient (Wildman–Crippen LogP) is 4.17. The molecule has 1 spiro atoms. The van der Waals surface area contributed by atoms with Gasteiger partial charge in [0.25, 0.3) is 5.91 Å². The quantitative estimate of drug-likeness (QED) is 0.631. The van der Waals surface area contributed by atoms with Gasteiger partial charge in [-0.3, -0.25) is 19.4 Å². The van der Waals surface area contributed by atoms with Gasteiger partial charge in [-0.15, -0.1) is 0 Å². The zero-order chi connectivity index (χ0) is 24.7. The predicted molar refractivity (Wildman–Crippen MR) is 133 cm³/mol. The lowest BCUT2D eigenvalue weighted by atomic mass is 9.64. The summed E-state index contributed by atoms with van der Waals surface area (Å²) < 4.78 is 5.67. The van der Waals surface area contributed by atoms with Crippen molar-refractivity contribution in [3.63, 3.8) is 0 Å². The van der Waals surface area contributed by atoms with E-state index in [0.29, 0.717) is 47.7 Å². The molecule has 1 saturated carbocycles. The molecule has 184 valence electrons. The van der Waals surface area contributed by atoms with Gasteiger partial charge in [0.15, 0.2) is 5.17 Å². The molecule has 4 amide bonds. The topological polar surface area (TPSA) is 91.3 Å². The summed E-state index contributed by atoms with van der Waals surface area (Å²) in [5.41, 5.74) is -0.336. The number of urea groups is 1. The first-order valence-corrected chi connectivity index (χ1v) is 12.9. The Morgan fingerprint density at radius 2 is 1.97 bits per heavy atom. The third kappa shape index (κ3) is 4.67. The van der Waals surface area contributed by atoms with Gasteiger partial charge in [0.05, 0.1) is 6.61 Å². The van der Waals surface area contributed by atoms with E-state index in [1.807, 2.05) is 38.1 Å². The summed E-state index contributed by atoms with van der Waals surface area (Å²) in [6.07, 6.45) is 2.18. The minimum atomic E-state index is -0.919. The van der Waals surface area contributed by atoms with E-state index < -0.39 is 11.6 Å². The molecular formula is C25H34N4O4S. The first-order chi connectivity index (χ1) is 16.0. The SMILES string of the molecule is CCOc1ccccc1N=C1SCC(C)N1C(=O)CN1C(=O)NC2(CC(C)CC(C)(C)C2)C1=O. The molecular weight excluding hydrogens is 452 g/mol. The van der Waals surface area contributed by atoms with Gasteiger partial charge in [-0.05, 0) is 56.6 Å². The Labute approximate surface area is 205 Å². The Balaban J connectivity index is 1.55. The van der Waals surface area contributed by atoms with E-state index in [1.54, 1.807) is 4.90 Å². The van der Waals surface area contributed by atoms with Crippen molar-refractivity contribution in [2.24, 2.45) is 16.3 Å². The minimum absolute atomic E-state index is 0.0610. The molecule has 2 saturated heterocycles. The average molecular weight is 487 g/mol. The normalized spacial score (nSPS) is 29.7. The van der Waals surface area contributed by atoms with E-state index in [9.17, 15) is 14.4 Å². The first-order valence-electron chi connectivity index (χ1n) is 11.9. The summed E-state index contributed by atoms with van der Waals surface area (Å²) in [4.78, 5) is 47.1. The highest BCUT2D eigenvalue weighted by Crippen LogP contribution is 2.46. The number of carbonyl (C=O) groups is 3. The second-order valence-corrected chi connectivity index (χ2v) is 11.5. The second-order valence-electron chi connectivity index (χ2n) is 10.5. The van der Waals surface area contributed by atoms with Crippen LogP contribution in [0.25, 0.3) is 0 Å². The molecule has 3 atom stereocenters. The van der Waals surface area contributed by atoms with Crippen molar-refractivity contribution < 1.29 is 19.1 Å². The molecule has 2 aliphatic heterocycles. The van der Waals surface area contributed by atoms with Crippen LogP contribution in [0.1, 0.15) is 53.9 Å². The Morgan fingerprint density at radius 3 is 2.68 bits per heavy atom. The van der Waals surface area contributed by atoms with Crippen LogP contribution in [0.4, 0.5) is 10.5 Å².